The molecule has 2 aromatic rings. The average molecular weight is 456 g/mol. The van der Waals surface area contributed by atoms with E-state index in [1.165, 1.54) is 26.2 Å². The van der Waals surface area contributed by atoms with E-state index in [4.69, 9.17) is 18.9 Å². The van der Waals surface area contributed by atoms with E-state index in [9.17, 15) is 14.4 Å². The lowest BCUT2D eigenvalue weighted by molar-refractivity contribution is -0.148. The van der Waals surface area contributed by atoms with Crippen molar-refractivity contribution in [3.63, 3.8) is 0 Å². The summed E-state index contributed by atoms with van der Waals surface area (Å²) >= 11 is 0. The predicted molar refractivity (Wildman–Crippen MR) is 120 cm³/mol. The molecule has 0 radical (unpaired) electrons. The zero-order valence-corrected chi connectivity index (χ0v) is 19.2. The maximum Gasteiger partial charge on any atom is 0.325 e. The Hall–Kier alpha value is -3.75. The fourth-order valence-corrected chi connectivity index (χ4v) is 3.77. The van der Waals surface area contributed by atoms with Crippen LogP contribution in [0.1, 0.15) is 12.0 Å². The minimum absolute atomic E-state index is 0.0507. The van der Waals surface area contributed by atoms with E-state index >= 15 is 0 Å². The number of hydrogen-bond acceptors (Lipinski definition) is 7. The molecule has 0 spiro atoms. The molecule has 1 aliphatic heterocycles. The number of methoxy groups -OCH3 is 4. The normalized spacial score (nSPS) is 15.2. The van der Waals surface area contributed by atoms with Crippen molar-refractivity contribution in [3.8, 4) is 17.2 Å². The summed E-state index contributed by atoms with van der Waals surface area (Å²) < 4.78 is 20.6. The van der Waals surface area contributed by atoms with Crippen molar-refractivity contribution in [2.45, 2.75) is 13.0 Å². The van der Waals surface area contributed by atoms with Gasteiger partial charge in [0, 0.05) is 37.3 Å². The third-order valence-corrected chi connectivity index (χ3v) is 5.48. The Balaban J connectivity index is 1.82. The van der Waals surface area contributed by atoms with Gasteiger partial charge < -0.3 is 28.7 Å². The molecular formula is C24H28N2O7. The van der Waals surface area contributed by atoms with Crippen LogP contribution in [0.3, 0.4) is 0 Å². The van der Waals surface area contributed by atoms with Crippen LogP contribution in [-0.4, -0.2) is 64.2 Å². The Morgan fingerprint density at radius 3 is 2.24 bits per heavy atom. The lowest BCUT2D eigenvalue weighted by Crippen LogP contribution is -2.40. The second kappa shape index (κ2) is 10.7. The standard InChI is InChI=1S/C24H28N2O7/c1-30-19-7-5-6-18(11-19)26-14-17(10-22(26)27)24(29)25(15-23(28)33-4)13-16-8-20(31-2)12-21(9-16)32-3/h5-9,11-12,17H,10,13-15H2,1-4H3. The number of amides is 2. The van der Waals surface area contributed by atoms with Gasteiger partial charge in [0.25, 0.3) is 0 Å². The first-order valence-electron chi connectivity index (χ1n) is 10.4. The minimum atomic E-state index is -0.596. The number of esters is 1. The average Bonchev–Trinajstić information content (AvgIpc) is 3.24. The van der Waals surface area contributed by atoms with Gasteiger partial charge in [0.05, 0.1) is 34.4 Å². The third kappa shape index (κ3) is 5.74. The van der Waals surface area contributed by atoms with E-state index in [0.717, 1.165) is 5.56 Å². The van der Waals surface area contributed by atoms with E-state index < -0.39 is 11.9 Å². The molecule has 9 nitrogen and oxygen atoms in total. The summed E-state index contributed by atoms with van der Waals surface area (Å²) in [5.41, 5.74) is 1.38. The van der Waals surface area contributed by atoms with Crippen LogP contribution in [0.15, 0.2) is 42.5 Å². The zero-order valence-electron chi connectivity index (χ0n) is 19.2. The predicted octanol–water partition coefficient (Wildman–Crippen LogP) is 2.27. The van der Waals surface area contributed by atoms with Crippen molar-refractivity contribution in [3.05, 3.63) is 48.0 Å². The van der Waals surface area contributed by atoms with Gasteiger partial charge in [0.15, 0.2) is 0 Å². The summed E-state index contributed by atoms with van der Waals surface area (Å²) in [5.74, 6) is 0.135. The van der Waals surface area contributed by atoms with Gasteiger partial charge in [-0.3, -0.25) is 14.4 Å². The molecule has 0 saturated carbocycles. The first kappa shape index (κ1) is 23.9. The van der Waals surface area contributed by atoms with Crippen LogP contribution >= 0.6 is 0 Å². The Morgan fingerprint density at radius 2 is 1.64 bits per heavy atom. The first-order valence-corrected chi connectivity index (χ1v) is 10.4. The van der Waals surface area contributed by atoms with Gasteiger partial charge in [0.2, 0.25) is 11.8 Å². The quantitative estimate of drug-likeness (QED) is 0.534. The number of nitrogens with zero attached hydrogens (tertiary/aromatic N) is 2. The summed E-state index contributed by atoms with van der Waals surface area (Å²) in [6.45, 7) is 0.105. The summed E-state index contributed by atoms with van der Waals surface area (Å²) in [4.78, 5) is 41.1. The molecule has 0 N–H and O–H groups in total. The second-order valence-electron chi connectivity index (χ2n) is 7.60. The van der Waals surface area contributed by atoms with E-state index in [2.05, 4.69) is 0 Å². The largest absolute Gasteiger partial charge is 0.497 e. The van der Waals surface area contributed by atoms with Crippen molar-refractivity contribution in [1.82, 2.24) is 4.90 Å². The first-order chi connectivity index (χ1) is 15.9. The van der Waals surface area contributed by atoms with Crippen molar-refractivity contribution < 1.29 is 33.3 Å². The summed E-state index contributed by atoms with van der Waals surface area (Å²) in [6.07, 6.45) is 0.0507. The number of rotatable bonds is 9. The highest BCUT2D eigenvalue weighted by atomic mass is 16.5. The molecule has 1 heterocycles. The Bertz CT molecular complexity index is 1000. The number of hydrogen-bond donors (Lipinski definition) is 0. The lowest BCUT2D eigenvalue weighted by Gasteiger charge is -2.25. The molecule has 176 valence electrons. The maximum atomic E-state index is 13.4. The van der Waals surface area contributed by atoms with Crippen LogP contribution in [0, 0.1) is 5.92 Å². The number of ether oxygens (including phenoxy) is 4. The Kier molecular flexibility index (Phi) is 7.76. The van der Waals surface area contributed by atoms with Gasteiger partial charge >= 0.3 is 5.97 Å². The van der Waals surface area contributed by atoms with Crippen LogP contribution in [-0.2, 0) is 25.7 Å². The molecule has 0 aliphatic carbocycles. The molecule has 1 saturated heterocycles. The van der Waals surface area contributed by atoms with Gasteiger partial charge in [-0.1, -0.05) is 6.07 Å². The van der Waals surface area contributed by atoms with E-state index in [-0.39, 0.29) is 37.9 Å². The smallest absolute Gasteiger partial charge is 0.325 e. The molecular weight excluding hydrogens is 428 g/mol. The highest BCUT2D eigenvalue weighted by Crippen LogP contribution is 2.30. The van der Waals surface area contributed by atoms with Gasteiger partial charge in [-0.2, -0.15) is 0 Å². The SMILES string of the molecule is COC(=O)CN(Cc1cc(OC)cc(OC)c1)C(=O)C1CC(=O)N(c2cccc(OC)c2)C1. The Labute approximate surface area is 192 Å². The Morgan fingerprint density at radius 1 is 0.970 bits per heavy atom. The van der Waals surface area contributed by atoms with Gasteiger partial charge in [-0.25, -0.2) is 0 Å². The number of benzene rings is 2. The molecule has 0 aromatic heterocycles. The van der Waals surface area contributed by atoms with Crippen LogP contribution in [0.25, 0.3) is 0 Å². The third-order valence-electron chi connectivity index (χ3n) is 5.48. The minimum Gasteiger partial charge on any atom is -0.497 e. The van der Waals surface area contributed by atoms with Crippen molar-refractivity contribution in [2.24, 2.45) is 5.92 Å². The van der Waals surface area contributed by atoms with E-state index in [1.807, 2.05) is 0 Å². The fourth-order valence-electron chi connectivity index (χ4n) is 3.77. The molecule has 3 rings (SSSR count). The molecule has 1 atom stereocenters. The van der Waals surface area contributed by atoms with E-state index in [1.54, 1.807) is 54.5 Å². The van der Waals surface area contributed by atoms with Gasteiger partial charge in [0.1, 0.15) is 23.8 Å². The molecule has 0 bridgehead atoms. The highest BCUT2D eigenvalue weighted by Gasteiger charge is 2.38. The molecule has 1 unspecified atom stereocenters. The monoisotopic (exact) mass is 456 g/mol. The topological polar surface area (TPSA) is 94.6 Å². The van der Waals surface area contributed by atoms with Crippen molar-refractivity contribution >= 4 is 23.5 Å². The molecule has 1 fully saturated rings. The van der Waals surface area contributed by atoms with Crippen LogP contribution in [0.2, 0.25) is 0 Å². The second-order valence-corrected chi connectivity index (χ2v) is 7.60. The summed E-state index contributed by atoms with van der Waals surface area (Å²) in [6, 6.07) is 12.4. The van der Waals surface area contributed by atoms with Crippen LogP contribution in [0.5, 0.6) is 17.2 Å². The molecule has 2 aromatic carbocycles. The molecule has 33 heavy (non-hydrogen) atoms. The van der Waals surface area contributed by atoms with Gasteiger partial charge in [-0.15, -0.1) is 0 Å². The fraction of sp³-hybridized carbons (Fsp3) is 0.375. The molecule has 1 aliphatic rings. The molecule has 9 heteroatoms. The summed E-state index contributed by atoms with van der Waals surface area (Å²) in [5, 5.41) is 0. The van der Waals surface area contributed by atoms with Crippen molar-refractivity contribution in [2.75, 3.05) is 46.4 Å². The number of anilines is 1. The number of carbonyl (C=O) groups excluding carboxylic acids is 3. The van der Waals surface area contributed by atoms with E-state index in [0.29, 0.717) is 22.9 Å². The highest BCUT2D eigenvalue weighted by molar-refractivity contribution is 6.00. The van der Waals surface area contributed by atoms with Crippen LogP contribution in [0.4, 0.5) is 5.69 Å². The lowest BCUT2D eigenvalue weighted by atomic mass is 10.1. The molecule has 2 amide bonds. The van der Waals surface area contributed by atoms with Crippen LogP contribution < -0.4 is 19.1 Å². The summed E-state index contributed by atoms with van der Waals surface area (Å²) in [7, 11) is 5.89. The zero-order chi connectivity index (χ0) is 24.0. The van der Waals surface area contributed by atoms with Crippen molar-refractivity contribution in [1.29, 1.82) is 0 Å². The van der Waals surface area contributed by atoms with Gasteiger partial charge in [-0.05, 0) is 29.8 Å². The number of carbonyl (C=O) groups is 3. The maximum absolute atomic E-state index is 13.4.